The van der Waals surface area contributed by atoms with Crippen LogP contribution >= 0.6 is 0 Å². The van der Waals surface area contributed by atoms with Gasteiger partial charge in [0.25, 0.3) is 0 Å². The summed E-state index contributed by atoms with van der Waals surface area (Å²) in [4.78, 5) is 13.1. The van der Waals surface area contributed by atoms with E-state index in [1.165, 1.54) is 23.9 Å². The Hall–Kier alpha value is -3.44. The minimum absolute atomic E-state index is 0. The molecule has 0 aliphatic rings. The van der Waals surface area contributed by atoms with Gasteiger partial charge in [-0.05, 0) is 53.9 Å². The molecule has 1 radical (unpaired) electrons. The second kappa shape index (κ2) is 12.8. The first-order valence-electron chi connectivity index (χ1n) is 17.8. The summed E-state index contributed by atoms with van der Waals surface area (Å²) in [6.45, 7) is -1.18. The normalized spacial score (nSPS) is 15.7. The molecule has 0 spiro atoms. The molecule has 2 aromatic carbocycles. The maximum Gasteiger partial charge on any atom is 0.216 e. The minimum Gasteiger partial charge on any atom is -0.486 e. The van der Waals surface area contributed by atoms with Crippen LogP contribution < -0.4 is 5.19 Å². The number of fused-ring (bicyclic) bond motifs is 3. The third kappa shape index (κ3) is 7.30. The van der Waals surface area contributed by atoms with E-state index >= 15 is 0 Å². The maximum absolute atomic E-state index is 7.94. The van der Waals surface area contributed by atoms with E-state index in [1.54, 1.807) is 6.20 Å². The van der Waals surface area contributed by atoms with Crippen molar-refractivity contribution in [2.75, 3.05) is 0 Å². The van der Waals surface area contributed by atoms with Crippen LogP contribution in [0.25, 0.3) is 44.6 Å². The average molecular weight is 757 g/mol. The number of rotatable bonds is 4. The first kappa shape index (κ1) is 21.3. The fourth-order valence-electron chi connectivity index (χ4n) is 4.65. The van der Waals surface area contributed by atoms with Gasteiger partial charge in [0.15, 0.2) is 0 Å². The standard InChI is InChI=1S/C24H27N2OSi.C12H10N.Ir/c1-24(2,3)15-16-11-13-25-19(14-16)17-9-10-20(28(4,5)6)21-18-8-7-12-26-23(18)27-22(17)21;1-10-7-8-12(13-9-10)11-5-3-2-4-6-11;/h7-8,10-14H,15H2,1-6H3;2-5,7-9H,1H3;/q2*-1;/i1D3,2D3,3D3;;. The molecule has 217 valence electrons. The first-order valence-corrected chi connectivity index (χ1v) is 16.8. The van der Waals surface area contributed by atoms with Crippen molar-refractivity contribution in [1.29, 1.82) is 0 Å². The number of nitrogens with zero attached hydrogens (tertiary/aromatic N) is 3. The van der Waals surface area contributed by atoms with Crippen LogP contribution in [0.15, 0.2) is 89.7 Å². The Morgan fingerprint density at radius 2 is 1.74 bits per heavy atom. The molecule has 0 N–H and O–H groups in total. The molecule has 0 saturated heterocycles. The smallest absolute Gasteiger partial charge is 0.216 e. The minimum atomic E-state index is -3.28. The Kier molecular flexibility index (Phi) is 6.50. The van der Waals surface area contributed by atoms with Crippen LogP contribution in [0.4, 0.5) is 0 Å². The number of benzene rings is 2. The molecule has 0 atom stereocenters. The van der Waals surface area contributed by atoms with Gasteiger partial charge in [-0.1, -0.05) is 74.9 Å². The van der Waals surface area contributed by atoms with E-state index in [0.717, 1.165) is 27.2 Å². The quantitative estimate of drug-likeness (QED) is 0.133. The van der Waals surface area contributed by atoms with Crippen molar-refractivity contribution in [2.24, 2.45) is 5.41 Å². The number of furan rings is 1. The predicted octanol–water partition coefficient (Wildman–Crippen LogP) is 8.83. The molecule has 6 rings (SSSR count). The first-order chi connectivity index (χ1) is 23.2. The Morgan fingerprint density at radius 3 is 2.43 bits per heavy atom. The maximum atomic E-state index is 7.94. The van der Waals surface area contributed by atoms with Crippen molar-refractivity contribution in [2.45, 2.75) is 53.5 Å². The van der Waals surface area contributed by atoms with Crippen LogP contribution in [0.3, 0.4) is 0 Å². The largest absolute Gasteiger partial charge is 0.486 e. The Morgan fingerprint density at radius 1 is 0.905 bits per heavy atom. The van der Waals surface area contributed by atoms with Crippen LogP contribution in [0.1, 0.15) is 44.0 Å². The van der Waals surface area contributed by atoms with Crippen LogP contribution in [0.5, 0.6) is 0 Å². The van der Waals surface area contributed by atoms with Crippen molar-refractivity contribution in [3.05, 3.63) is 109 Å². The molecule has 0 saturated carbocycles. The van der Waals surface area contributed by atoms with Gasteiger partial charge in [-0.3, -0.25) is 0 Å². The second-order valence-electron chi connectivity index (χ2n) is 11.1. The number of pyridine rings is 3. The van der Waals surface area contributed by atoms with E-state index in [2.05, 4.69) is 52.8 Å². The predicted molar refractivity (Wildman–Crippen MR) is 173 cm³/mol. The molecule has 6 aromatic rings. The number of aromatic nitrogens is 3. The van der Waals surface area contributed by atoms with Crippen molar-refractivity contribution < 1.29 is 36.9 Å². The molecule has 6 heteroatoms. The zero-order valence-corrected chi connectivity index (χ0v) is 27.3. The van der Waals surface area contributed by atoms with Gasteiger partial charge in [0, 0.05) is 64.5 Å². The summed E-state index contributed by atoms with van der Waals surface area (Å²) in [5, 5.41) is 2.89. The molecule has 0 bridgehead atoms. The van der Waals surface area contributed by atoms with Gasteiger partial charge >= 0.3 is 0 Å². The van der Waals surface area contributed by atoms with E-state index < -0.39 is 40.5 Å². The van der Waals surface area contributed by atoms with Crippen LogP contribution in [-0.4, -0.2) is 23.0 Å². The van der Waals surface area contributed by atoms with Crippen LogP contribution in [0, 0.1) is 24.5 Å². The van der Waals surface area contributed by atoms with Gasteiger partial charge in [-0.15, -0.1) is 53.2 Å². The fourth-order valence-corrected chi connectivity index (χ4v) is 6.15. The molecule has 0 amide bonds. The number of hydrogen-bond acceptors (Lipinski definition) is 4. The Bertz CT molecular complexity index is 2070. The Balaban J connectivity index is 0.000000348. The van der Waals surface area contributed by atoms with Gasteiger partial charge in [0.1, 0.15) is 0 Å². The van der Waals surface area contributed by atoms with E-state index in [9.17, 15) is 0 Å². The van der Waals surface area contributed by atoms with Crippen molar-refractivity contribution in [3.63, 3.8) is 0 Å². The number of hydrogen-bond donors (Lipinski definition) is 0. The summed E-state index contributed by atoms with van der Waals surface area (Å²) >= 11 is 0. The van der Waals surface area contributed by atoms with Gasteiger partial charge in [0.2, 0.25) is 5.71 Å². The molecular formula is C36H37IrN3OSi-2. The zero-order chi connectivity index (χ0) is 36.7. The molecule has 4 aromatic heterocycles. The molecule has 0 unspecified atom stereocenters. The topological polar surface area (TPSA) is 51.8 Å². The van der Waals surface area contributed by atoms with Crippen molar-refractivity contribution >= 4 is 35.3 Å². The monoisotopic (exact) mass is 757 g/mol. The summed E-state index contributed by atoms with van der Waals surface area (Å²) in [5.74, 6) is 0. The average Bonchev–Trinajstić information content (AvgIpc) is 3.42. The van der Waals surface area contributed by atoms with Gasteiger partial charge in [-0.2, -0.15) is 0 Å². The summed E-state index contributed by atoms with van der Waals surface area (Å²) in [7, 11) is -1.84. The van der Waals surface area contributed by atoms with E-state index in [1.807, 2.05) is 61.7 Å². The summed E-state index contributed by atoms with van der Waals surface area (Å²) in [5.41, 5.74) is 2.30. The van der Waals surface area contributed by atoms with Gasteiger partial charge in [0.05, 0.1) is 5.58 Å². The fraction of sp³-hybridized carbons (Fsp3) is 0.250. The summed E-state index contributed by atoms with van der Waals surface area (Å²) < 4.78 is 77.6. The molecule has 4 nitrogen and oxygen atoms in total. The van der Waals surface area contributed by atoms with Crippen LogP contribution in [-0.2, 0) is 26.5 Å². The van der Waals surface area contributed by atoms with E-state index in [4.69, 9.17) is 16.8 Å². The Labute approximate surface area is 276 Å². The molecule has 0 aliphatic heterocycles. The molecule has 0 fully saturated rings. The van der Waals surface area contributed by atoms with Gasteiger partial charge < -0.3 is 14.4 Å². The van der Waals surface area contributed by atoms with Gasteiger partial charge in [-0.25, -0.2) is 4.98 Å². The molecular weight excluding hydrogens is 711 g/mol. The summed E-state index contributed by atoms with van der Waals surface area (Å²) in [6, 6.07) is 27.0. The third-order valence-electron chi connectivity index (χ3n) is 6.58. The second-order valence-corrected chi connectivity index (χ2v) is 16.2. The molecule has 4 heterocycles. The van der Waals surface area contributed by atoms with E-state index in [0.29, 0.717) is 22.6 Å². The van der Waals surface area contributed by atoms with Crippen molar-refractivity contribution in [3.8, 4) is 22.5 Å². The van der Waals surface area contributed by atoms with Crippen LogP contribution in [0.2, 0.25) is 19.6 Å². The summed E-state index contributed by atoms with van der Waals surface area (Å²) in [6.07, 6.45) is 4.19. The van der Waals surface area contributed by atoms with Crippen molar-refractivity contribution in [1.82, 2.24) is 15.0 Å². The molecule has 42 heavy (non-hydrogen) atoms. The molecule has 0 aliphatic carbocycles. The third-order valence-corrected chi connectivity index (χ3v) is 8.59. The SMILES string of the molecule is Cc1ccc(-c2[c-]cccc2)nc1.[2H]C([2H])([2H])C(Cc1ccnc(-c2[c-]cc([Si](C)(C)C)c3c2oc2ncccc23)c1)(C([2H])([2H])[2H])C([2H])([2H])[2H].[Ir]. The van der Waals surface area contributed by atoms with E-state index in [-0.39, 0.29) is 25.7 Å². The zero-order valence-electron chi connectivity index (χ0n) is 32.9. The number of aryl methyl sites for hydroxylation is 1.